The Balaban J connectivity index is 2.18. The van der Waals surface area contributed by atoms with E-state index in [0.29, 0.717) is 0 Å². The molecule has 0 saturated carbocycles. The van der Waals surface area contributed by atoms with Crippen molar-refractivity contribution in [2.24, 2.45) is 0 Å². The number of hydrogen-bond donors (Lipinski definition) is 0. The third kappa shape index (κ3) is 2.83. The summed E-state index contributed by atoms with van der Waals surface area (Å²) in [5.74, 6) is 0. The van der Waals surface area contributed by atoms with Crippen LogP contribution < -0.4 is 0 Å². The van der Waals surface area contributed by atoms with E-state index in [1.807, 2.05) is 37.3 Å². The Morgan fingerprint density at radius 1 is 0.810 bits per heavy atom. The van der Waals surface area contributed by atoms with Crippen LogP contribution in [0.5, 0.6) is 0 Å². The lowest BCUT2D eigenvalue weighted by atomic mass is 9.98. The summed E-state index contributed by atoms with van der Waals surface area (Å²) in [5, 5.41) is 3.74. The maximum atomic E-state index is 6.40. The smallest absolute Gasteiger partial charge is 0.0665 e. The lowest BCUT2D eigenvalue weighted by Crippen LogP contribution is -1.96. The van der Waals surface area contributed by atoms with Gasteiger partial charge in [0.05, 0.1) is 4.83 Å². The summed E-state index contributed by atoms with van der Waals surface area (Å²) in [4.78, 5) is 0.0350. The lowest BCUT2D eigenvalue weighted by Gasteiger charge is -2.16. The second-order valence-corrected chi connectivity index (χ2v) is 6.80. The van der Waals surface area contributed by atoms with Gasteiger partial charge in [-0.3, -0.25) is 0 Å². The lowest BCUT2D eigenvalue weighted by molar-refractivity contribution is 1.19. The van der Waals surface area contributed by atoms with Crippen LogP contribution in [-0.4, -0.2) is 0 Å². The molecule has 106 valence electrons. The monoisotopic (exact) mass is 378 g/mol. The molecule has 1 unspecified atom stereocenters. The topological polar surface area (TPSA) is 0 Å². The Labute approximate surface area is 142 Å². The predicted molar refractivity (Wildman–Crippen MR) is 95.9 cm³/mol. The maximum Gasteiger partial charge on any atom is 0.0665 e. The van der Waals surface area contributed by atoms with Crippen molar-refractivity contribution in [3.8, 4) is 0 Å². The summed E-state index contributed by atoms with van der Waals surface area (Å²) >= 11 is 16.5. The van der Waals surface area contributed by atoms with E-state index in [9.17, 15) is 0 Å². The Hall–Kier alpha value is -1.02. The molecule has 0 N–H and O–H groups in total. The molecular weight excluding hydrogens is 367 g/mol. The minimum atomic E-state index is 0.0350. The highest BCUT2D eigenvalue weighted by Crippen LogP contribution is 2.40. The molecular formula is C18H13BrCl2. The van der Waals surface area contributed by atoms with Crippen molar-refractivity contribution in [3.63, 3.8) is 0 Å². The van der Waals surface area contributed by atoms with Crippen LogP contribution in [0.1, 0.15) is 21.5 Å². The average Bonchev–Trinajstić information content (AvgIpc) is 2.47. The van der Waals surface area contributed by atoms with Crippen LogP contribution >= 0.6 is 39.1 Å². The largest absolute Gasteiger partial charge is 0.0840 e. The average molecular weight is 380 g/mol. The van der Waals surface area contributed by atoms with Crippen molar-refractivity contribution in [1.82, 2.24) is 0 Å². The summed E-state index contributed by atoms with van der Waals surface area (Å²) in [6, 6.07) is 18.3. The minimum absolute atomic E-state index is 0.0350. The van der Waals surface area contributed by atoms with Gasteiger partial charge in [0.15, 0.2) is 0 Å². The molecule has 0 aliphatic heterocycles. The Bertz CT molecular complexity index is 811. The van der Waals surface area contributed by atoms with Crippen molar-refractivity contribution < 1.29 is 0 Å². The second-order valence-electron chi connectivity index (χ2n) is 5.07. The van der Waals surface area contributed by atoms with Gasteiger partial charge in [0, 0.05) is 15.4 Å². The minimum Gasteiger partial charge on any atom is -0.0840 e. The van der Waals surface area contributed by atoms with Crippen LogP contribution in [0.4, 0.5) is 0 Å². The van der Waals surface area contributed by atoms with Crippen LogP contribution in [-0.2, 0) is 0 Å². The van der Waals surface area contributed by atoms with Gasteiger partial charge in [0.1, 0.15) is 0 Å². The van der Waals surface area contributed by atoms with Gasteiger partial charge in [0.25, 0.3) is 0 Å². The van der Waals surface area contributed by atoms with E-state index in [1.54, 1.807) is 0 Å². The highest BCUT2D eigenvalue weighted by atomic mass is 79.9. The van der Waals surface area contributed by atoms with E-state index < -0.39 is 0 Å². The zero-order chi connectivity index (χ0) is 15.0. The van der Waals surface area contributed by atoms with Crippen LogP contribution in [0.2, 0.25) is 10.0 Å². The first kappa shape index (κ1) is 14.9. The predicted octanol–water partition coefficient (Wildman–Crippen LogP) is 6.94. The Morgan fingerprint density at radius 3 is 2.19 bits per heavy atom. The van der Waals surface area contributed by atoms with E-state index >= 15 is 0 Å². The fourth-order valence-corrected chi connectivity index (χ4v) is 4.01. The molecule has 0 heterocycles. The number of benzene rings is 3. The van der Waals surface area contributed by atoms with Gasteiger partial charge in [-0.15, -0.1) is 0 Å². The molecule has 3 aromatic rings. The molecule has 0 aliphatic carbocycles. The summed E-state index contributed by atoms with van der Waals surface area (Å²) in [6.45, 7) is 2.04. The normalized spacial score (nSPS) is 12.6. The summed E-state index contributed by atoms with van der Waals surface area (Å²) < 4.78 is 0. The standard InChI is InChI=1S/C18H13BrCl2/c1-11-6-7-15(17(21)10-11)18(19)14-8-9-16(20)13-5-3-2-4-12(13)14/h2-10,18H,1H3. The van der Waals surface area contributed by atoms with Gasteiger partial charge in [-0.2, -0.15) is 0 Å². The molecule has 1 atom stereocenters. The number of aryl methyl sites for hydroxylation is 1. The van der Waals surface area contributed by atoms with E-state index in [4.69, 9.17) is 23.2 Å². The first-order chi connectivity index (χ1) is 10.1. The first-order valence-corrected chi connectivity index (χ1v) is 8.32. The number of halogens is 3. The molecule has 3 rings (SSSR count). The van der Waals surface area contributed by atoms with Gasteiger partial charge in [-0.25, -0.2) is 0 Å². The fraction of sp³-hybridized carbons (Fsp3) is 0.111. The van der Waals surface area contributed by atoms with Crippen LogP contribution in [0.3, 0.4) is 0 Å². The molecule has 0 bridgehead atoms. The molecule has 21 heavy (non-hydrogen) atoms. The molecule has 3 heteroatoms. The van der Waals surface area contributed by atoms with Crippen LogP contribution in [0.25, 0.3) is 10.8 Å². The maximum absolute atomic E-state index is 6.40. The van der Waals surface area contributed by atoms with Crippen LogP contribution in [0.15, 0.2) is 54.6 Å². The molecule has 0 spiro atoms. The van der Waals surface area contributed by atoms with Crippen molar-refractivity contribution >= 4 is 49.9 Å². The molecule has 0 saturated heterocycles. The highest BCUT2D eigenvalue weighted by Gasteiger charge is 2.17. The molecule has 0 radical (unpaired) electrons. The van der Waals surface area contributed by atoms with Gasteiger partial charge < -0.3 is 0 Å². The highest BCUT2D eigenvalue weighted by molar-refractivity contribution is 9.09. The molecule has 0 nitrogen and oxygen atoms in total. The number of hydrogen-bond acceptors (Lipinski definition) is 0. The Morgan fingerprint density at radius 2 is 1.48 bits per heavy atom. The molecule has 0 aromatic heterocycles. The molecule has 0 aliphatic rings. The molecule has 0 amide bonds. The zero-order valence-corrected chi connectivity index (χ0v) is 14.5. The van der Waals surface area contributed by atoms with Crippen molar-refractivity contribution in [2.45, 2.75) is 11.8 Å². The zero-order valence-electron chi connectivity index (χ0n) is 11.4. The van der Waals surface area contributed by atoms with E-state index in [0.717, 1.165) is 31.9 Å². The molecule has 0 fully saturated rings. The van der Waals surface area contributed by atoms with E-state index in [1.165, 1.54) is 5.56 Å². The van der Waals surface area contributed by atoms with E-state index in [-0.39, 0.29) is 4.83 Å². The molecule has 3 aromatic carbocycles. The van der Waals surface area contributed by atoms with Gasteiger partial charge in [-0.05, 0) is 41.1 Å². The van der Waals surface area contributed by atoms with E-state index in [2.05, 4.69) is 40.2 Å². The van der Waals surface area contributed by atoms with Gasteiger partial charge in [-0.1, -0.05) is 81.6 Å². The first-order valence-electron chi connectivity index (χ1n) is 6.65. The number of alkyl halides is 1. The summed E-state index contributed by atoms with van der Waals surface area (Å²) in [6.07, 6.45) is 0. The van der Waals surface area contributed by atoms with Gasteiger partial charge >= 0.3 is 0 Å². The van der Waals surface area contributed by atoms with Crippen molar-refractivity contribution in [2.75, 3.05) is 0 Å². The van der Waals surface area contributed by atoms with Crippen molar-refractivity contribution in [1.29, 1.82) is 0 Å². The third-order valence-electron chi connectivity index (χ3n) is 3.61. The third-order valence-corrected chi connectivity index (χ3v) is 5.25. The number of fused-ring (bicyclic) bond motifs is 1. The number of rotatable bonds is 2. The summed E-state index contributed by atoms with van der Waals surface area (Å²) in [5.41, 5.74) is 3.39. The second kappa shape index (κ2) is 6.00. The fourth-order valence-electron chi connectivity index (χ4n) is 2.51. The SMILES string of the molecule is Cc1ccc(C(Br)c2ccc(Cl)c3ccccc23)c(Cl)c1. The summed E-state index contributed by atoms with van der Waals surface area (Å²) in [7, 11) is 0. The van der Waals surface area contributed by atoms with Crippen molar-refractivity contribution in [3.05, 3.63) is 81.3 Å². The van der Waals surface area contributed by atoms with Crippen LogP contribution in [0, 0.1) is 6.92 Å². The quantitative estimate of drug-likeness (QED) is 0.423. The Kier molecular flexibility index (Phi) is 4.26. The van der Waals surface area contributed by atoms with Gasteiger partial charge in [0.2, 0.25) is 0 Å².